The first kappa shape index (κ1) is 27.6. The second-order valence-corrected chi connectivity index (χ2v) is 10.9. The minimum Gasteiger partial charge on any atom is -0.480 e. The molecule has 1 N–H and O–H groups in total. The summed E-state index contributed by atoms with van der Waals surface area (Å²) in [5, 5.41) is 12.9. The fourth-order valence-corrected chi connectivity index (χ4v) is 5.27. The third kappa shape index (κ3) is 4.93. The van der Waals surface area contributed by atoms with Crippen molar-refractivity contribution in [2.75, 3.05) is 25.6 Å². The SMILES string of the molecule is COc1ncnc(C2CC2)c1-c1nc2c(c(NC[N+]3=CC(c4nc(C(F)(F)F)cn4C(C)C)=C3C)n1)CN(C#N)CC2. The Morgan fingerprint density at radius 3 is 2.64 bits per heavy atom. The van der Waals surface area contributed by atoms with E-state index in [0.717, 1.165) is 41.7 Å². The van der Waals surface area contributed by atoms with Gasteiger partial charge < -0.3 is 19.5 Å². The van der Waals surface area contributed by atoms with Gasteiger partial charge in [0.1, 0.15) is 23.3 Å². The van der Waals surface area contributed by atoms with Gasteiger partial charge in [-0.3, -0.25) is 0 Å². The number of allylic oxidation sites excluding steroid dienone is 2. The first-order chi connectivity index (χ1) is 20.1. The molecule has 0 spiro atoms. The van der Waals surface area contributed by atoms with E-state index in [-0.39, 0.29) is 11.9 Å². The van der Waals surface area contributed by atoms with Gasteiger partial charge in [0, 0.05) is 43.6 Å². The van der Waals surface area contributed by atoms with Crippen molar-refractivity contribution in [1.29, 1.82) is 5.26 Å². The van der Waals surface area contributed by atoms with Gasteiger partial charge in [-0.1, -0.05) is 0 Å². The number of hydrogen-bond acceptors (Lipinski definition) is 9. The summed E-state index contributed by atoms with van der Waals surface area (Å²) < 4.78 is 49.2. The smallest absolute Gasteiger partial charge is 0.434 e. The summed E-state index contributed by atoms with van der Waals surface area (Å²) >= 11 is 0. The lowest BCUT2D eigenvalue weighted by Gasteiger charge is -2.26. The predicted octanol–water partition coefficient (Wildman–Crippen LogP) is 4.35. The summed E-state index contributed by atoms with van der Waals surface area (Å²) in [4.78, 5) is 24.2. The highest BCUT2D eigenvalue weighted by Gasteiger charge is 2.38. The molecule has 1 saturated carbocycles. The lowest BCUT2D eigenvalue weighted by Crippen LogP contribution is -2.32. The normalized spacial score (nSPS) is 16.6. The van der Waals surface area contributed by atoms with Crippen molar-refractivity contribution >= 4 is 17.6 Å². The molecule has 1 aliphatic carbocycles. The molecule has 0 bridgehead atoms. The minimum absolute atomic E-state index is 0.196. The van der Waals surface area contributed by atoms with Crippen molar-refractivity contribution < 1.29 is 22.5 Å². The third-order valence-corrected chi connectivity index (χ3v) is 7.77. The Morgan fingerprint density at radius 1 is 1.21 bits per heavy atom. The van der Waals surface area contributed by atoms with E-state index in [1.54, 1.807) is 22.8 Å². The standard InChI is InChI=1S/C28H30F3N10O/c1-15(2)41-11-21(28(29,30)31)37-26(41)18-10-40(16(18)3)14-35-24-19-9-39(12-32)8-7-20(19)36-25(38-24)22-23(17-5-6-17)33-13-34-27(22)42-4/h10-11,13,15,17H,5-9,14H2,1-4H3,(H,35,36,38)/q+1. The average Bonchev–Trinajstić information content (AvgIpc) is 3.72. The largest absolute Gasteiger partial charge is 0.480 e. The molecule has 0 aromatic carbocycles. The van der Waals surface area contributed by atoms with Crippen LogP contribution in [0.25, 0.3) is 17.0 Å². The lowest BCUT2D eigenvalue weighted by molar-refractivity contribution is -0.472. The van der Waals surface area contributed by atoms with Crippen LogP contribution in [0.5, 0.6) is 5.88 Å². The van der Waals surface area contributed by atoms with Crippen LogP contribution in [0, 0.1) is 11.5 Å². The number of fused-ring (bicyclic) bond motifs is 1. The summed E-state index contributed by atoms with van der Waals surface area (Å²) in [6.07, 6.45) is 4.63. The fraction of sp³-hybridized carbons (Fsp3) is 0.464. The van der Waals surface area contributed by atoms with Crippen molar-refractivity contribution in [1.82, 2.24) is 34.4 Å². The molecule has 2 aliphatic heterocycles. The Hall–Kier alpha value is -4.54. The molecule has 42 heavy (non-hydrogen) atoms. The number of alkyl halides is 3. The van der Waals surface area contributed by atoms with Crippen LogP contribution >= 0.6 is 0 Å². The van der Waals surface area contributed by atoms with Crippen molar-refractivity contribution in [2.24, 2.45) is 0 Å². The molecule has 0 radical (unpaired) electrons. The zero-order valence-electron chi connectivity index (χ0n) is 23.7. The van der Waals surface area contributed by atoms with Gasteiger partial charge >= 0.3 is 6.18 Å². The Balaban J connectivity index is 1.32. The minimum atomic E-state index is -4.53. The van der Waals surface area contributed by atoms with E-state index in [0.29, 0.717) is 60.8 Å². The number of aromatic nitrogens is 6. The van der Waals surface area contributed by atoms with Crippen molar-refractivity contribution in [2.45, 2.75) is 64.7 Å². The van der Waals surface area contributed by atoms with Crippen molar-refractivity contribution in [3.8, 4) is 23.5 Å². The molecule has 5 heterocycles. The van der Waals surface area contributed by atoms with Gasteiger partial charge in [0.05, 0.1) is 25.0 Å². The summed E-state index contributed by atoms with van der Waals surface area (Å²) in [5.41, 5.74) is 3.70. The predicted molar refractivity (Wildman–Crippen MR) is 146 cm³/mol. The van der Waals surface area contributed by atoms with Gasteiger partial charge in [-0.05, 0) is 26.7 Å². The average molecular weight is 580 g/mol. The summed E-state index contributed by atoms with van der Waals surface area (Å²) in [6.45, 7) is 6.70. The Kier molecular flexibility index (Phi) is 6.83. The molecule has 0 atom stereocenters. The fourth-order valence-electron chi connectivity index (χ4n) is 5.27. The van der Waals surface area contributed by atoms with Gasteiger partial charge in [0.15, 0.2) is 35.4 Å². The molecular formula is C28H30F3N10O+. The highest BCUT2D eigenvalue weighted by molar-refractivity contribution is 6.10. The Morgan fingerprint density at radius 2 is 2.00 bits per heavy atom. The molecule has 0 saturated heterocycles. The maximum absolute atomic E-state index is 13.4. The molecule has 11 nitrogen and oxygen atoms in total. The number of nitriles is 1. The van der Waals surface area contributed by atoms with Gasteiger partial charge in [0.25, 0.3) is 0 Å². The van der Waals surface area contributed by atoms with Crippen LogP contribution in [-0.4, -0.2) is 65.5 Å². The molecule has 6 rings (SSSR count). The number of methoxy groups -OCH3 is 1. The zero-order valence-corrected chi connectivity index (χ0v) is 23.7. The maximum Gasteiger partial charge on any atom is 0.434 e. The van der Waals surface area contributed by atoms with E-state index < -0.39 is 11.9 Å². The molecule has 1 fully saturated rings. The molecule has 218 valence electrons. The lowest BCUT2D eigenvalue weighted by atomic mass is 10.0. The van der Waals surface area contributed by atoms with Crippen LogP contribution in [0.1, 0.15) is 74.0 Å². The second kappa shape index (κ2) is 10.4. The number of ether oxygens (including phenoxy) is 1. The summed E-state index contributed by atoms with van der Waals surface area (Å²) in [7, 11) is 1.56. The number of hydrogen-bond donors (Lipinski definition) is 1. The van der Waals surface area contributed by atoms with Crippen LogP contribution < -0.4 is 10.1 Å². The van der Waals surface area contributed by atoms with E-state index in [4.69, 9.17) is 14.7 Å². The van der Waals surface area contributed by atoms with Crippen LogP contribution in [0.2, 0.25) is 0 Å². The van der Waals surface area contributed by atoms with Crippen LogP contribution in [-0.2, 0) is 19.1 Å². The molecule has 3 aromatic rings. The van der Waals surface area contributed by atoms with Gasteiger partial charge in [-0.15, -0.1) is 0 Å². The van der Waals surface area contributed by atoms with E-state index >= 15 is 0 Å². The number of imidazole rings is 1. The monoisotopic (exact) mass is 579 g/mol. The first-order valence-electron chi connectivity index (χ1n) is 13.8. The number of halogens is 3. The number of nitrogens with one attached hydrogen (secondary N) is 1. The van der Waals surface area contributed by atoms with E-state index in [2.05, 4.69) is 26.5 Å². The molecule has 3 aromatic heterocycles. The molecule has 0 unspecified atom stereocenters. The van der Waals surface area contributed by atoms with Crippen molar-refractivity contribution in [3.63, 3.8) is 0 Å². The quantitative estimate of drug-likeness (QED) is 0.307. The highest BCUT2D eigenvalue weighted by atomic mass is 19.4. The third-order valence-electron chi connectivity index (χ3n) is 7.77. The van der Waals surface area contributed by atoms with Gasteiger partial charge in [-0.25, -0.2) is 24.9 Å². The van der Waals surface area contributed by atoms with Crippen LogP contribution in [0.15, 0.2) is 18.2 Å². The highest BCUT2D eigenvalue weighted by Crippen LogP contribution is 2.45. The molecule has 0 amide bonds. The Bertz CT molecular complexity index is 1660. The number of nitrogens with zero attached hydrogens (tertiary/aromatic N) is 9. The molecule has 14 heteroatoms. The van der Waals surface area contributed by atoms with Crippen molar-refractivity contribution in [3.05, 3.63) is 46.7 Å². The zero-order chi connectivity index (χ0) is 29.8. The van der Waals surface area contributed by atoms with E-state index in [1.807, 2.05) is 25.3 Å². The molecular weight excluding hydrogens is 549 g/mol. The second-order valence-electron chi connectivity index (χ2n) is 10.9. The van der Waals surface area contributed by atoms with Crippen LogP contribution in [0.4, 0.5) is 19.0 Å². The molecule has 3 aliphatic rings. The summed E-state index contributed by atoms with van der Waals surface area (Å²) in [5.74, 6) is 2.02. The van der Waals surface area contributed by atoms with Crippen LogP contribution in [0.3, 0.4) is 0 Å². The Labute approximate surface area is 240 Å². The maximum atomic E-state index is 13.4. The van der Waals surface area contributed by atoms with E-state index in [1.165, 1.54) is 6.33 Å². The van der Waals surface area contributed by atoms with Gasteiger partial charge in [-0.2, -0.15) is 23.0 Å². The topological polar surface area (TPSA) is 121 Å². The first-order valence-corrected chi connectivity index (χ1v) is 13.8. The van der Waals surface area contributed by atoms with E-state index in [9.17, 15) is 18.4 Å². The van der Waals surface area contributed by atoms with Gasteiger partial charge in [0.2, 0.25) is 12.5 Å². The number of rotatable bonds is 8. The summed E-state index contributed by atoms with van der Waals surface area (Å²) in [6, 6.07) is -0.196. The number of anilines is 1.